The monoisotopic (exact) mass is 319 g/mol. The standard InChI is InChI=1S/C17H22FN3O2/c1-16(2,3)23-15(22)21-8-6-17(18,7-9-21)10-14-5-4-13(11-19)12-20-14/h4-5,12H,6-10H2,1-3H3. The highest BCUT2D eigenvalue weighted by Gasteiger charge is 2.37. The summed E-state index contributed by atoms with van der Waals surface area (Å²) in [6, 6.07) is 5.31. The summed E-state index contributed by atoms with van der Waals surface area (Å²) in [6.45, 7) is 6.10. The number of likely N-dealkylation sites (tertiary alicyclic amines) is 1. The van der Waals surface area contributed by atoms with E-state index in [1.54, 1.807) is 17.0 Å². The van der Waals surface area contributed by atoms with Crippen molar-refractivity contribution in [2.45, 2.75) is 51.3 Å². The Morgan fingerprint density at radius 1 is 1.43 bits per heavy atom. The number of pyridine rings is 1. The van der Waals surface area contributed by atoms with Crippen molar-refractivity contribution in [3.8, 4) is 6.07 Å². The van der Waals surface area contributed by atoms with Crippen LogP contribution in [0.2, 0.25) is 0 Å². The van der Waals surface area contributed by atoms with E-state index >= 15 is 0 Å². The highest BCUT2D eigenvalue weighted by Crippen LogP contribution is 2.30. The van der Waals surface area contributed by atoms with Gasteiger partial charge in [0, 0.05) is 31.4 Å². The van der Waals surface area contributed by atoms with Crippen LogP contribution in [0.3, 0.4) is 0 Å². The lowest BCUT2D eigenvalue weighted by Crippen LogP contribution is -2.47. The van der Waals surface area contributed by atoms with E-state index in [1.165, 1.54) is 6.20 Å². The number of rotatable bonds is 2. The SMILES string of the molecule is CC(C)(C)OC(=O)N1CCC(F)(Cc2ccc(C#N)cn2)CC1. The molecule has 1 aromatic heterocycles. The number of alkyl halides is 1. The number of amides is 1. The van der Waals surface area contributed by atoms with Gasteiger partial charge in [-0.25, -0.2) is 9.18 Å². The molecule has 2 heterocycles. The number of hydrogen-bond acceptors (Lipinski definition) is 4. The lowest BCUT2D eigenvalue weighted by atomic mass is 9.88. The fourth-order valence-electron chi connectivity index (χ4n) is 2.51. The van der Waals surface area contributed by atoms with Crippen LogP contribution < -0.4 is 0 Å². The summed E-state index contributed by atoms with van der Waals surface area (Å²) in [5.41, 5.74) is -0.841. The number of nitrogens with zero attached hydrogens (tertiary/aromatic N) is 3. The Bertz CT molecular complexity index is 594. The molecule has 1 saturated heterocycles. The van der Waals surface area contributed by atoms with Crippen LogP contribution in [0.25, 0.3) is 0 Å². The minimum absolute atomic E-state index is 0.195. The van der Waals surface area contributed by atoms with Gasteiger partial charge in [-0.15, -0.1) is 0 Å². The molecule has 2 rings (SSSR count). The minimum Gasteiger partial charge on any atom is -0.444 e. The predicted molar refractivity (Wildman–Crippen MR) is 83.5 cm³/mol. The third kappa shape index (κ3) is 4.92. The molecule has 0 aliphatic carbocycles. The van der Waals surface area contributed by atoms with Crippen molar-refractivity contribution in [3.05, 3.63) is 29.6 Å². The van der Waals surface area contributed by atoms with Crippen LogP contribution in [0.5, 0.6) is 0 Å². The summed E-state index contributed by atoms with van der Waals surface area (Å²) >= 11 is 0. The molecule has 0 atom stereocenters. The van der Waals surface area contributed by atoms with E-state index in [4.69, 9.17) is 10.00 Å². The fraction of sp³-hybridized carbons (Fsp3) is 0.588. The maximum Gasteiger partial charge on any atom is 0.410 e. The molecule has 1 aromatic rings. The fourth-order valence-corrected chi connectivity index (χ4v) is 2.51. The average Bonchev–Trinajstić information content (AvgIpc) is 2.46. The molecule has 0 unspecified atom stereocenters. The van der Waals surface area contributed by atoms with E-state index in [0.29, 0.717) is 24.3 Å². The number of ether oxygens (including phenoxy) is 1. The Labute approximate surface area is 136 Å². The van der Waals surface area contributed by atoms with E-state index in [2.05, 4.69) is 4.98 Å². The van der Waals surface area contributed by atoms with Crippen LogP contribution in [0.15, 0.2) is 18.3 Å². The van der Waals surface area contributed by atoms with Gasteiger partial charge >= 0.3 is 6.09 Å². The molecule has 1 aliphatic rings. The molecule has 0 aromatic carbocycles. The quantitative estimate of drug-likeness (QED) is 0.839. The van der Waals surface area contributed by atoms with E-state index in [1.807, 2.05) is 26.8 Å². The number of nitriles is 1. The van der Waals surface area contributed by atoms with Crippen LogP contribution >= 0.6 is 0 Å². The smallest absolute Gasteiger partial charge is 0.410 e. The van der Waals surface area contributed by atoms with Gasteiger partial charge in [-0.05, 0) is 45.7 Å². The molecule has 1 aliphatic heterocycles. The van der Waals surface area contributed by atoms with Crippen LogP contribution in [0.1, 0.15) is 44.9 Å². The van der Waals surface area contributed by atoms with Crippen LogP contribution in [0, 0.1) is 11.3 Å². The van der Waals surface area contributed by atoms with E-state index in [0.717, 1.165) is 0 Å². The first-order valence-corrected chi connectivity index (χ1v) is 7.73. The van der Waals surface area contributed by atoms with Crippen molar-refractivity contribution in [2.75, 3.05) is 13.1 Å². The second-order valence-corrected chi connectivity index (χ2v) is 6.95. The highest BCUT2D eigenvalue weighted by molar-refractivity contribution is 5.68. The van der Waals surface area contributed by atoms with E-state index in [-0.39, 0.29) is 19.3 Å². The van der Waals surface area contributed by atoms with Crippen molar-refractivity contribution in [3.63, 3.8) is 0 Å². The zero-order chi connectivity index (χ0) is 17.1. The number of hydrogen-bond donors (Lipinski definition) is 0. The van der Waals surface area contributed by atoms with Crippen LogP contribution in [-0.4, -0.2) is 40.3 Å². The molecule has 0 N–H and O–H groups in total. The summed E-state index contributed by atoms with van der Waals surface area (Å²) in [5, 5.41) is 8.75. The number of carbonyl (C=O) groups excluding carboxylic acids is 1. The molecule has 1 amide bonds. The second kappa shape index (κ2) is 6.53. The van der Waals surface area contributed by atoms with Crippen molar-refractivity contribution in [1.29, 1.82) is 5.26 Å². The van der Waals surface area contributed by atoms with Gasteiger partial charge in [0.25, 0.3) is 0 Å². The third-order valence-electron chi connectivity index (χ3n) is 3.76. The molecule has 5 nitrogen and oxygen atoms in total. The van der Waals surface area contributed by atoms with Crippen molar-refractivity contribution < 1.29 is 13.9 Å². The van der Waals surface area contributed by atoms with Gasteiger partial charge in [0.1, 0.15) is 17.3 Å². The molecule has 0 saturated carbocycles. The topological polar surface area (TPSA) is 66.2 Å². The first-order chi connectivity index (χ1) is 10.7. The number of carbonyl (C=O) groups is 1. The normalized spacial score (nSPS) is 17.4. The number of aromatic nitrogens is 1. The molecule has 124 valence electrons. The van der Waals surface area contributed by atoms with Gasteiger partial charge < -0.3 is 9.64 Å². The zero-order valence-electron chi connectivity index (χ0n) is 13.8. The lowest BCUT2D eigenvalue weighted by Gasteiger charge is -2.36. The molecule has 0 bridgehead atoms. The largest absolute Gasteiger partial charge is 0.444 e. The Balaban J connectivity index is 1.91. The number of piperidine rings is 1. The predicted octanol–water partition coefficient (Wildman–Crippen LogP) is 3.23. The van der Waals surface area contributed by atoms with Crippen molar-refractivity contribution in [1.82, 2.24) is 9.88 Å². The molecule has 1 fully saturated rings. The first-order valence-electron chi connectivity index (χ1n) is 7.73. The first kappa shape index (κ1) is 17.2. The summed E-state index contributed by atoms with van der Waals surface area (Å²) < 4.78 is 20.2. The maximum atomic E-state index is 14.9. The number of halogens is 1. The van der Waals surface area contributed by atoms with Crippen LogP contribution in [-0.2, 0) is 11.2 Å². The van der Waals surface area contributed by atoms with E-state index in [9.17, 15) is 9.18 Å². The summed E-state index contributed by atoms with van der Waals surface area (Å²) in [6.07, 6.45) is 1.77. The summed E-state index contributed by atoms with van der Waals surface area (Å²) in [5.74, 6) is 0. The summed E-state index contributed by atoms with van der Waals surface area (Å²) in [7, 11) is 0. The van der Waals surface area contributed by atoms with Crippen molar-refractivity contribution in [2.24, 2.45) is 0 Å². The molecular formula is C17H22FN3O2. The van der Waals surface area contributed by atoms with Gasteiger partial charge in [-0.2, -0.15) is 5.26 Å². The Kier molecular flexibility index (Phi) is 4.88. The zero-order valence-corrected chi connectivity index (χ0v) is 13.8. The van der Waals surface area contributed by atoms with Gasteiger partial charge in [-0.1, -0.05) is 0 Å². The van der Waals surface area contributed by atoms with Crippen molar-refractivity contribution >= 4 is 6.09 Å². The maximum absolute atomic E-state index is 14.9. The third-order valence-corrected chi connectivity index (χ3v) is 3.76. The second-order valence-electron chi connectivity index (χ2n) is 6.95. The molecule has 0 radical (unpaired) electrons. The molecule has 6 heteroatoms. The van der Waals surface area contributed by atoms with Gasteiger partial charge in [-0.3, -0.25) is 4.98 Å². The van der Waals surface area contributed by atoms with Gasteiger partial charge in [0.2, 0.25) is 0 Å². The Morgan fingerprint density at radius 2 is 2.09 bits per heavy atom. The molecule has 0 spiro atoms. The average molecular weight is 319 g/mol. The lowest BCUT2D eigenvalue weighted by molar-refractivity contribution is 0.00322. The van der Waals surface area contributed by atoms with Gasteiger partial charge in [0.05, 0.1) is 5.56 Å². The Morgan fingerprint density at radius 3 is 2.57 bits per heavy atom. The minimum atomic E-state index is -1.38. The summed E-state index contributed by atoms with van der Waals surface area (Å²) in [4.78, 5) is 17.7. The van der Waals surface area contributed by atoms with Crippen LogP contribution in [0.4, 0.5) is 9.18 Å². The highest BCUT2D eigenvalue weighted by atomic mass is 19.1. The Hall–Kier alpha value is -2.16. The molecule has 23 heavy (non-hydrogen) atoms. The van der Waals surface area contributed by atoms with E-state index < -0.39 is 17.4 Å². The molecular weight excluding hydrogens is 297 g/mol. The van der Waals surface area contributed by atoms with Gasteiger partial charge in [0.15, 0.2) is 0 Å².